The maximum absolute atomic E-state index is 10.8. The highest BCUT2D eigenvalue weighted by Crippen LogP contribution is 2.57. The van der Waals surface area contributed by atoms with E-state index in [0.29, 0.717) is 4.47 Å². The molecule has 0 spiro atoms. The molecule has 1 saturated carbocycles. The Kier molecular flexibility index (Phi) is 2.55. The van der Waals surface area contributed by atoms with Gasteiger partial charge in [-0.15, -0.1) is 0 Å². The lowest BCUT2D eigenvalue weighted by Gasteiger charge is -2.03. The smallest absolute Gasteiger partial charge is 0.283 e. The molecule has 1 fully saturated rings. The van der Waals surface area contributed by atoms with Crippen LogP contribution in [0.3, 0.4) is 0 Å². The molecule has 0 aliphatic heterocycles. The summed E-state index contributed by atoms with van der Waals surface area (Å²) in [6, 6.07) is 5.32. The van der Waals surface area contributed by atoms with Gasteiger partial charge in [0.1, 0.15) is 0 Å². The van der Waals surface area contributed by atoms with Crippen LogP contribution in [-0.4, -0.2) is 11.0 Å². The molecule has 2 atom stereocenters. The Balaban J connectivity index is 2.39. The van der Waals surface area contributed by atoms with Gasteiger partial charge in [-0.1, -0.05) is 19.9 Å². The van der Waals surface area contributed by atoms with Gasteiger partial charge in [-0.05, 0) is 33.0 Å². The number of halogens is 1. The molecule has 1 aliphatic rings. The van der Waals surface area contributed by atoms with Crippen LogP contribution in [0.1, 0.15) is 25.3 Å². The van der Waals surface area contributed by atoms with Gasteiger partial charge in [-0.25, -0.2) is 0 Å². The monoisotopic (exact) mass is 284 g/mol. The SMILES string of the molecule is CC1(C)[C@@H](N)[C@@H]1c1ccc(Br)c([N+](=O)[O-])c1. The van der Waals surface area contributed by atoms with E-state index in [9.17, 15) is 10.1 Å². The summed E-state index contributed by atoms with van der Waals surface area (Å²) in [7, 11) is 0. The first-order chi connectivity index (χ1) is 7.35. The molecule has 86 valence electrons. The van der Waals surface area contributed by atoms with Crippen molar-refractivity contribution in [3.05, 3.63) is 38.3 Å². The predicted octanol–water partition coefficient (Wildman–Crippen LogP) is 2.81. The zero-order valence-corrected chi connectivity index (χ0v) is 10.7. The van der Waals surface area contributed by atoms with Crippen LogP contribution in [0.2, 0.25) is 0 Å². The minimum Gasteiger partial charge on any atom is -0.327 e. The Morgan fingerprint density at radius 2 is 2.06 bits per heavy atom. The van der Waals surface area contributed by atoms with Crippen LogP contribution in [0.4, 0.5) is 5.69 Å². The van der Waals surface area contributed by atoms with E-state index in [-0.39, 0.29) is 28.0 Å². The fourth-order valence-corrected chi connectivity index (χ4v) is 2.57. The third-order valence-electron chi connectivity index (χ3n) is 3.44. The number of benzene rings is 1. The van der Waals surface area contributed by atoms with Gasteiger partial charge in [-0.3, -0.25) is 10.1 Å². The van der Waals surface area contributed by atoms with Crippen LogP contribution < -0.4 is 5.73 Å². The first-order valence-corrected chi connectivity index (χ1v) is 5.84. The molecule has 0 amide bonds. The summed E-state index contributed by atoms with van der Waals surface area (Å²) < 4.78 is 0.508. The standard InChI is InChI=1S/C11H13BrN2O2/c1-11(2)9(10(11)13)6-3-4-7(12)8(5-6)14(15)16/h3-5,9-10H,13H2,1-2H3/t9-,10-/m0/s1. The van der Waals surface area contributed by atoms with Crippen LogP contribution in [-0.2, 0) is 0 Å². The Morgan fingerprint density at radius 1 is 1.50 bits per heavy atom. The molecule has 0 bridgehead atoms. The van der Waals surface area contributed by atoms with Gasteiger partial charge in [0.2, 0.25) is 0 Å². The summed E-state index contributed by atoms with van der Waals surface area (Å²) >= 11 is 3.17. The van der Waals surface area contributed by atoms with E-state index >= 15 is 0 Å². The van der Waals surface area contributed by atoms with Gasteiger partial charge in [0.15, 0.2) is 0 Å². The van der Waals surface area contributed by atoms with E-state index < -0.39 is 0 Å². The quantitative estimate of drug-likeness (QED) is 0.671. The average Bonchev–Trinajstić information content (AvgIpc) is 2.67. The molecular formula is C11H13BrN2O2. The number of nitro groups is 1. The van der Waals surface area contributed by atoms with Crippen LogP contribution in [0, 0.1) is 15.5 Å². The molecule has 4 nitrogen and oxygen atoms in total. The molecule has 0 saturated heterocycles. The highest BCUT2D eigenvalue weighted by Gasteiger charge is 2.56. The third-order valence-corrected chi connectivity index (χ3v) is 4.11. The zero-order valence-electron chi connectivity index (χ0n) is 9.11. The van der Waals surface area contributed by atoms with E-state index in [4.69, 9.17) is 5.73 Å². The minimum atomic E-state index is -0.380. The second-order valence-electron chi connectivity index (χ2n) is 4.79. The minimum absolute atomic E-state index is 0.0434. The van der Waals surface area contributed by atoms with Crippen LogP contribution in [0.25, 0.3) is 0 Å². The molecule has 0 radical (unpaired) electrons. The average molecular weight is 285 g/mol. The van der Waals surface area contributed by atoms with E-state index in [0.717, 1.165) is 5.56 Å². The van der Waals surface area contributed by atoms with Crippen molar-refractivity contribution in [1.82, 2.24) is 0 Å². The molecule has 1 aromatic rings. The molecule has 1 aromatic carbocycles. The van der Waals surface area contributed by atoms with Crippen molar-refractivity contribution in [2.45, 2.75) is 25.8 Å². The normalized spacial score (nSPS) is 26.5. The number of hydrogen-bond donors (Lipinski definition) is 1. The summed E-state index contributed by atoms with van der Waals surface area (Å²) in [6.45, 7) is 4.16. The fraction of sp³-hybridized carbons (Fsp3) is 0.455. The van der Waals surface area contributed by atoms with Crippen LogP contribution >= 0.6 is 15.9 Å². The summed E-state index contributed by atoms with van der Waals surface area (Å²) in [5.41, 5.74) is 7.06. The van der Waals surface area contributed by atoms with E-state index in [1.165, 1.54) is 0 Å². The molecular weight excluding hydrogens is 272 g/mol. The number of hydrogen-bond acceptors (Lipinski definition) is 3. The van der Waals surface area contributed by atoms with E-state index in [2.05, 4.69) is 29.8 Å². The molecule has 1 aliphatic carbocycles. The van der Waals surface area contributed by atoms with Crippen molar-refractivity contribution in [2.24, 2.45) is 11.1 Å². The van der Waals surface area contributed by atoms with Crippen LogP contribution in [0.15, 0.2) is 22.7 Å². The van der Waals surface area contributed by atoms with Gasteiger partial charge < -0.3 is 5.73 Å². The van der Waals surface area contributed by atoms with E-state index in [1.807, 2.05) is 6.07 Å². The maximum atomic E-state index is 10.8. The fourth-order valence-electron chi connectivity index (χ4n) is 2.18. The second kappa shape index (κ2) is 3.53. The van der Waals surface area contributed by atoms with Gasteiger partial charge in [0.25, 0.3) is 5.69 Å². The number of rotatable bonds is 2. The topological polar surface area (TPSA) is 69.2 Å². The van der Waals surface area contributed by atoms with Gasteiger partial charge in [0, 0.05) is 18.0 Å². The summed E-state index contributed by atoms with van der Waals surface area (Å²) in [4.78, 5) is 10.4. The first-order valence-electron chi connectivity index (χ1n) is 5.05. The Labute approximate surface area is 102 Å². The van der Waals surface area contributed by atoms with Crippen molar-refractivity contribution in [1.29, 1.82) is 0 Å². The predicted molar refractivity (Wildman–Crippen MR) is 65.3 cm³/mol. The third kappa shape index (κ3) is 1.64. The molecule has 5 heteroatoms. The Morgan fingerprint density at radius 3 is 2.50 bits per heavy atom. The van der Waals surface area contributed by atoms with Crippen LogP contribution in [0.5, 0.6) is 0 Å². The summed E-state index contributed by atoms with van der Waals surface area (Å²) in [5.74, 6) is 0.222. The zero-order chi connectivity index (χ0) is 12.1. The first kappa shape index (κ1) is 11.5. The van der Waals surface area contributed by atoms with E-state index in [1.54, 1.807) is 12.1 Å². The van der Waals surface area contributed by atoms with Crippen molar-refractivity contribution in [3.63, 3.8) is 0 Å². The summed E-state index contributed by atoms with van der Waals surface area (Å²) in [6.07, 6.45) is 0. The molecule has 0 heterocycles. The van der Waals surface area contributed by atoms with Gasteiger partial charge in [-0.2, -0.15) is 0 Å². The van der Waals surface area contributed by atoms with Crippen molar-refractivity contribution in [3.8, 4) is 0 Å². The Bertz CT molecular complexity index is 459. The maximum Gasteiger partial charge on any atom is 0.283 e. The highest BCUT2D eigenvalue weighted by molar-refractivity contribution is 9.10. The largest absolute Gasteiger partial charge is 0.327 e. The number of nitro benzene ring substituents is 1. The van der Waals surface area contributed by atoms with Crippen molar-refractivity contribution in [2.75, 3.05) is 0 Å². The van der Waals surface area contributed by atoms with Gasteiger partial charge >= 0.3 is 0 Å². The molecule has 16 heavy (non-hydrogen) atoms. The lowest BCUT2D eigenvalue weighted by molar-refractivity contribution is -0.385. The molecule has 2 rings (SSSR count). The lowest BCUT2D eigenvalue weighted by Crippen LogP contribution is -2.06. The van der Waals surface area contributed by atoms with Crippen molar-refractivity contribution >= 4 is 21.6 Å². The van der Waals surface area contributed by atoms with Gasteiger partial charge in [0.05, 0.1) is 9.40 Å². The molecule has 2 N–H and O–H groups in total. The van der Waals surface area contributed by atoms with Crippen molar-refractivity contribution < 1.29 is 4.92 Å². The Hall–Kier alpha value is -0.940. The highest BCUT2D eigenvalue weighted by atomic mass is 79.9. The lowest BCUT2D eigenvalue weighted by atomic mass is 10.0. The number of nitrogens with two attached hydrogens (primary N) is 1. The molecule has 0 unspecified atom stereocenters. The summed E-state index contributed by atoms with van der Waals surface area (Å²) in [5, 5.41) is 10.8. The molecule has 0 aromatic heterocycles. The number of nitrogens with zero attached hydrogens (tertiary/aromatic N) is 1. The second-order valence-corrected chi connectivity index (χ2v) is 5.65.